The highest BCUT2D eigenvalue weighted by atomic mass is 19.2. The van der Waals surface area contributed by atoms with Crippen molar-refractivity contribution in [3.63, 3.8) is 0 Å². The zero-order valence-electron chi connectivity index (χ0n) is 9.27. The minimum Gasteiger partial charge on any atom is -0.353 e. The summed E-state index contributed by atoms with van der Waals surface area (Å²) in [5, 5.41) is 2.73. The van der Waals surface area contributed by atoms with Crippen LogP contribution in [0.3, 0.4) is 0 Å². The van der Waals surface area contributed by atoms with Crippen molar-refractivity contribution in [2.75, 3.05) is 0 Å². The largest absolute Gasteiger partial charge is 0.353 e. The van der Waals surface area contributed by atoms with Gasteiger partial charge in [0.05, 0.1) is 0 Å². The van der Waals surface area contributed by atoms with Crippen LogP contribution in [0.5, 0.6) is 0 Å². The molecule has 2 atom stereocenters. The molecule has 1 N–H and O–H groups in total. The number of nitrogens with one attached hydrogen (secondary N) is 1. The molecule has 1 fully saturated rings. The maximum absolute atomic E-state index is 13.1. The van der Waals surface area contributed by atoms with Crippen molar-refractivity contribution in [1.29, 1.82) is 0 Å². The lowest BCUT2D eigenvalue weighted by Gasteiger charge is -2.17. The van der Waals surface area contributed by atoms with Crippen molar-refractivity contribution < 1.29 is 18.0 Å². The van der Waals surface area contributed by atoms with Crippen LogP contribution < -0.4 is 5.32 Å². The van der Waals surface area contributed by atoms with E-state index in [0.29, 0.717) is 12.0 Å². The Bertz CT molecular complexity index is 438. The van der Waals surface area contributed by atoms with Crippen molar-refractivity contribution in [3.8, 4) is 0 Å². The van der Waals surface area contributed by atoms with Crippen LogP contribution in [0.4, 0.5) is 13.2 Å². The average Bonchev–Trinajstić information content (AvgIpc) is 2.66. The first-order chi connectivity index (χ1) is 8.02. The van der Waals surface area contributed by atoms with E-state index in [1.165, 1.54) is 0 Å². The van der Waals surface area contributed by atoms with Gasteiger partial charge >= 0.3 is 0 Å². The van der Waals surface area contributed by atoms with Gasteiger partial charge in [0.2, 0.25) is 5.91 Å². The van der Waals surface area contributed by atoms with Gasteiger partial charge in [0.15, 0.2) is 17.5 Å². The fraction of sp³-hybridized carbons (Fsp3) is 0.417. The minimum absolute atomic E-state index is 0.146. The van der Waals surface area contributed by atoms with Gasteiger partial charge in [-0.25, -0.2) is 13.2 Å². The van der Waals surface area contributed by atoms with Crippen LogP contribution in [-0.2, 0) is 4.79 Å². The Morgan fingerprint density at radius 2 is 1.88 bits per heavy atom. The van der Waals surface area contributed by atoms with Crippen molar-refractivity contribution >= 4 is 5.91 Å². The van der Waals surface area contributed by atoms with Crippen molar-refractivity contribution in [3.05, 3.63) is 35.1 Å². The van der Waals surface area contributed by atoms with Crippen LogP contribution in [-0.4, -0.2) is 11.9 Å². The van der Waals surface area contributed by atoms with Crippen LogP contribution in [0.15, 0.2) is 12.1 Å². The molecule has 2 rings (SSSR count). The van der Waals surface area contributed by atoms with E-state index in [9.17, 15) is 18.0 Å². The fourth-order valence-electron chi connectivity index (χ4n) is 2.23. The van der Waals surface area contributed by atoms with Crippen LogP contribution in [0, 0.1) is 17.5 Å². The smallest absolute Gasteiger partial charge is 0.220 e. The van der Waals surface area contributed by atoms with Crippen molar-refractivity contribution in [1.82, 2.24) is 5.32 Å². The van der Waals surface area contributed by atoms with Gasteiger partial charge < -0.3 is 5.32 Å². The number of hydrogen-bond acceptors (Lipinski definition) is 1. The summed E-state index contributed by atoms with van der Waals surface area (Å²) < 4.78 is 39.0. The van der Waals surface area contributed by atoms with E-state index in [4.69, 9.17) is 0 Å². The molecule has 1 aromatic rings. The van der Waals surface area contributed by atoms with Crippen molar-refractivity contribution in [2.45, 2.75) is 31.7 Å². The first-order valence-corrected chi connectivity index (χ1v) is 5.46. The second-order valence-electron chi connectivity index (χ2n) is 4.19. The third-order valence-corrected chi connectivity index (χ3v) is 3.11. The van der Waals surface area contributed by atoms with E-state index in [-0.39, 0.29) is 24.3 Å². The Morgan fingerprint density at radius 1 is 1.29 bits per heavy atom. The van der Waals surface area contributed by atoms with Gasteiger partial charge in [0, 0.05) is 18.4 Å². The molecule has 0 aromatic heterocycles. The number of hydrogen-bond donors (Lipinski definition) is 1. The molecule has 1 amide bonds. The van der Waals surface area contributed by atoms with E-state index in [1.54, 1.807) is 0 Å². The predicted molar refractivity (Wildman–Crippen MR) is 55.9 cm³/mol. The average molecular weight is 243 g/mol. The minimum atomic E-state index is -1.47. The Hall–Kier alpha value is -1.52. The van der Waals surface area contributed by atoms with Gasteiger partial charge in [-0.2, -0.15) is 0 Å². The van der Waals surface area contributed by atoms with Gasteiger partial charge in [0.25, 0.3) is 0 Å². The highest BCUT2D eigenvalue weighted by Crippen LogP contribution is 2.31. The first-order valence-electron chi connectivity index (χ1n) is 5.46. The lowest BCUT2D eigenvalue weighted by molar-refractivity contribution is -0.119. The molecular formula is C12H12F3NO. The second kappa shape index (κ2) is 4.39. The van der Waals surface area contributed by atoms with E-state index >= 15 is 0 Å². The van der Waals surface area contributed by atoms with Crippen LogP contribution in [0.2, 0.25) is 0 Å². The summed E-state index contributed by atoms with van der Waals surface area (Å²) in [6, 6.07) is 1.78. The summed E-state index contributed by atoms with van der Waals surface area (Å²) >= 11 is 0. The molecule has 1 aliphatic heterocycles. The predicted octanol–water partition coefficient (Wildman–Crippen LogP) is 2.49. The molecule has 0 spiro atoms. The fourth-order valence-corrected chi connectivity index (χ4v) is 2.23. The number of carbonyl (C=O) groups excluding carboxylic acids is 1. The third kappa shape index (κ3) is 2.14. The van der Waals surface area contributed by atoms with Gasteiger partial charge in [-0.05, 0) is 24.1 Å². The monoisotopic (exact) mass is 243 g/mol. The van der Waals surface area contributed by atoms with Gasteiger partial charge in [-0.3, -0.25) is 4.79 Å². The molecule has 0 bridgehead atoms. The summed E-state index contributed by atoms with van der Waals surface area (Å²) in [5.74, 6) is -4.34. The topological polar surface area (TPSA) is 29.1 Å². The summed E-state index contributed by atoms with van der Waals surface area (Å²) in [7, 11) is 0. The molecule has 2 nitrogen and oxygen atoms in total. The van der Waals surface area contributed by atoms with Crippen LogP contribution in [0.1, 0.15) is 31.2 Å². The standard InChI is InChI=1S/C12H12F3NO/c1-2-10-7(5-11(17)16-10)6-3-8(13)12(15)9(14)4-6/h3-4,7,10H,2,5H2,1H3,(H,16,17). The van der Waals surface area contributed by atoms with E-state index in [1.807, 2.05) is 6.92 Å². The zero-order chi connectivity index (χ0) is 12.6. The van der Waals surface area contributed by atoms with E-state index in [2.05, 4.69) is 5.32 Å². The molecule has 17 heavy (non-hydrogen) atoms. The molecule has 1 heterocycles. The lowest BCUT2D eigenvalue weighted by Crippen LogP contribution is -2.27. The molecule has 92 valence electrons. The van der Waals surface area contributed by atoms with Crippen LogP contribution >= 0.6 is 0 Å². The molecule has 0 saturated carbocycles. The van der Waals surface area contributed by atoms with Crippen molar-refractivity contribution in [2.24, 2.45) is 0 Å². The van der Waals surface area contributed by atoms with E-state index < -0.39 is 17.5 Å². The number of halogens is 3. The number of amides is 1. The molecule has 0 aliphatic carbocycles. The third-order valence-electron chi connectivity index (χ3n) is 3.11. The Balaban J connectivity index is 2.37. The van der Waals surface area contributed by atoms with Crippen LogP contribution in [0.25, 0.3) is 0 Å². The quantitative estimate of drug-likeness (QED) is 0.794. The summed E-state index contributed by atoms with van der Waals surface area (Å²) in [6.45, 7) is 1.87. The number of rotatable bonds is 2. The molecule has 2 unspecified atom stereocenters. The number of carbonyl (C=O) groups is 1. The molecule has 1 aliphatic rings. The molecular weight excluding hydrogens is 231 g/mol. The first kappa shape index (κ1) is 12.0. The molecule has 1 aromatic carbocycles. The number of benzene rings is 1. The highest BCUT2D eigenvalue weighted by Gasteiger charge is 2.33. The molecule has 1 saturated heterocycles. The summed E-state index contributed by atoms with van der Waals surface area (Å²) in [4.78, 5) is 11.3. The van der Waals surface area contributed by atoms with Gasteiger partial charge in [-0.1, -0.05) is 6.92 Å². The van der Waals surface area contributed by atoms with Gasteiger partial charge in [-0.15, -0.1) is 0 Å². The normalized spacial score (nSPS) is 23.9. The lowest BCUT2D eigenvalue weighted by atomic mass is 9.90. The summed E-state index contributed by atoms with van der Waals surface area (Å²) in [6.07, 6.45) is 0.847. The Morgan fingerprint density at radius 3 is 2.41 bits per heavy atom. The SMILES string of the molecule is CCC1NC(=O)CC1c1cc(F)c(F)c(F)c1. The molecule has 5 heteroatoms. The zero-order valence-corrected chi connectivity index (χ0v) is 9.27. The summed E-state index contributed by atoms with van der Waals surface area (Å²) in [5.41, 5.74) is 0.326. The Kier molecular flexibility index (Phi) is 3.09. The Labute approximate surface area is 96.8 Å². The maximum Gasteiger partial charge on any atom is 0.220 e. The van der Waals surface area contributed by atoms with Gasteiger partial charge in [0.1, 0.15) is 0 Å². The second-order valence-corrected chi connectivity index (χ2v) is 4.19. The van der Waals surface area contributed by atoms with E-state index in [0.717, 1.165) is 12.1 Å². The molecule has 0 radical (unpaired) electrons. The maximum atomic E-state index is 13.1. The highest BCUT2D eigenvalue weighted by molar-refractivity contribution is 5.80.